The molecule has 2 aromatic rings. The first-order chi connectivity index (χ1) is 8.58. The molecule has 0 radical (unpaired) electrons. The molecule has 0 spiro atoms. The van der Waals surface area contributed by atoms with Crippen molar-refractivity contribution >= 4 is 38.0 Å². The Morgan fingerprint density at radius 2 is 2.28 bits per heavy atom. The summed E-state index contributed by atoms with van der Waals surface area (Å²) in [5, 5.41) is 7.47. The van der Waals surface area contributed by atoms with E-state index in [0.29, 0.717) is 22.7 Å². The molecule has 0 N–H and O–H groups in total. The van der Waals surface area contributed by atoms with Crippen LogP contribution in [0.4, 0.5) is 0 Å². The van der Waals surface area contributed by atoms with E-state index in [2.05, 4.69) is 30.0 Å². The second-order valence-electron chi connectivity index (χ2n) is 3.62. The number of fused-ring (bicyclic) bond motifs is 3. The number of alkyl halides is 1. The van der Waals surface area contributed by atoms with Gasteiger partial charge in [-0.05, 0) is 12.8 Å². The molecule has 1 aliphatic rings. The van der Waals surface area contributed by atoms with Crippen molar-refractivity contribution in [1.82, 2.24) is 14.6 Å². The standard InChI is InChI=1S/C8H5Br2N3O4S/c9-3-1-2-4-6(5(3)14)18-8-12-11-7(13(4)8)17-10(15)16/h3H,1-2H2. The molecule has 1 atom stereocenters. The van der Waals surface area contributed by atoms with E-state index in [9.17, 15) is 13.2 Å². The molecule has 18 heavy (non-hydrogen) atoms. The molecule has 2 heterocycles. The number of hydrogen-bond donors (Lipinski definition) is 0. The van der Waals surface area contributed by atoms with E-state index in [4.69, 9.17) is 0 Å². The number of aryl methyl sites for hydroxylation is 1. The van der Waals surface area contributed by atoms with Crippen LogP contribution in [0.15, 0.2) is 0 Å². The molecule has 0 saturated carbocycles. The predicted molar refractivity (Wildman–Crippen MR) is 56.9 cm³/mol. The van der Waals surface area contributed by atoms with Crippen molar-refractivity contribution in [2.75, 3.05) is 0 Å². The van der Waals surface area contributed by atoms with Crippen LogP contribution < -0.4 is 12.2 Å². The van der Waals surface area contributed by atoms with Gasteiger partial charge >= 0.3 is 20.8 Å². The summed E-state index contributed by atoms with van der Waals surface area (Å²) in [4.78, 5) is 12.8. The zero-order valence-corrected chi connectivity index (χ0v) is 12.6. The number of rotatable bonds is 2. The molecule has 0 fully saturated rings. The summed E-state index contributed by atoms with van der Waals surface area (Å²) in [5.41, 5.74) is 0.722. The number of ketones is 1. The Balaban J connectivity index is 2.15. The van der Waals surface area contributed by atoms with Crippen molar-refractivity contribution < 1.29 is 31.8 Å². The first kappa shape index (κ1) is 12.5. The van der Waals surface area contributed by atoms with Gasteiger partial charge in [-0.15, -0.1) is 5.10 Å². The maximum Gasteiger partial charge on any atom is 0.506 e. The number of halogens is 2. The van der Waals surface area contributed by atoms with Crippen LogP contribution in [0.5, 0.6) is 6.01 Å². The van der Waals surface area contributed by atoms with Crippen LogP contribution >= 0.6 is 27.3 Å². The Kier molecular flexibility index (Phi) is 3.14. The molecule has 0 aliphatic heterocycles. The van der Waals surface area contributed by atoms with E-state index >= 15 is 0 Å². The van der Waals surface area contributed by atoms with Crippen molar-refractivity contribution in [1.29, 1.82) is 0 Å². The monoisotopic (exact) mass is 397 g/mol. The van der Waals surface area contributed by atoms with Crippen LogP contribution in [0, 0.1) is 14.8 Å². The quantitative estimate of drug-likeness (QED) is 0.610. The molecule has 0 aromatic carbocycles. The van der Waals surface area contributed by atoms with Gasteiger partial charge in [0.25, 0.3) is 0 Å². The summed E-state index contributed by atoms with van der Waals surface area (Å²) >= 11 is 1.10. The van der Waals surface area contributed by atoms with Gasteiger partial charge in [0.15, 0.2) is 5.78 Å². The van der Waals surface area contributed by atoms with E-state index in [1.54, 1.807) is 0 Å². The third kappa shape index (κ3) is 1.88. The van der Waals surface area contributed by atoms with E-state index in [1.165, 1.54) is 15.7 Å². The van der Waals surface area contributed by atoms with Gasteiger partial charge in [-0.25, -0.2) is 4.40 Å². The van der Waals surface area contributed by atoms with Crippen LogP contribution in [0.3, 0.4) is 0 Å². The van der Waals surface area contributed by atoms with Gasteiger partial charge in [0.05, 0.1) is 15.4 Å². The molecule has 3 rings (SSSR count). The fraction of sp³-hybridized carbons (Fsp3) is 0.375. The van der Waals surface area contributed by atoms with E-state index < -0.39 is 14.8 Å². The third-order valence-electron chi connectivity index (χ3n) is 2.60. The molecule has 2 aromatic heterocycles. The smallest absolute Gasteiger partial charge is 0.361 e. The Morgan fingerprint density at radius 1 is 1.50 bits per heavy atom. The summed E-state index contributed by atoms with van der Waals surface area (Å²) in [6.07, 6.45) is 1.30. The molecule has 1 unspecified atom stereocenters. The largest absolute Gasteiger partial charge is 0.506 e. The second kappa shape index (κ2) is 4.53. The fourth-order valence-electron chi connectivity index (χ4n) is 1.87. The number of Topliss-reactive ketones (excluding diaryl/α,β-unsaturated/α-hetero) is 1. The first-order valence-corrected chi connectivity index (χ1v) is 8.54. The van der Waals surface area contributed by atoms with Crippen LogP contribution in [-0.4, -0.2) is 25.2 Å². The SMILES string of the molecule is O=C1c2sc3nnc(O[Br+2]([O-])[O-])n3c2CCC1Br. The Labute approximate surface area is 118 Å². The topological polar surface area (TPSA) is 103 Å². The van der Waals surface area contributed by atoms with Gasteiger partial charge in [0.1, 0.15) is 0 Å². The molecule has 7 nitrogen and oxygen atoms in total. The highest BCUT2D eigenvalue weighted by atomic mass is 80.0. The number of aromatic nitrogens is 3. The highest BCUT2D eigenvalue weighted by Gasteiger charge is 2.33. The minimum absolute atomic E-state index is 0.00678. The number of thiazole rings is 1. The highest BCUT2D eigenvalue weighted by molar-refractivity contribution is 9.10. The summed E-state index contributed by atoms with van der Waals surface area (Å²) < 4.78 is 27.4. The number of carbonyl (C=O) groups excluding carboxylic acids is 1. The molecule has 1 aliphatic carbocycles. The molecule has 10 heteroatoms. The zero-order chi connectivity index (χ0) is 12.9. The lowest BCUT2D eigenvalue weighted by atomic mass is 10.0. The second-order valence-corrected chi connectivity index (χ2v) is 6.81. The summed E-state index contributed by atoms with van der Waals surface area (Å²) in [7, 11) is 0. The predicted octanol–water partition coefficient (Wildman–Crippen LogP) is -0.852. The molecule has 0 bridgehead atoms. The van der Waals surface area contributed by atoms with Gasteiger partial charge in [-0.1, -0.05) is 36.2 Å². The summed E-state index contributed by atoms with van der Waals surface area (Å²) in [5.74, 6) is -0.00678. The van der Waals surface area contributed by atoms with Crippen LogP contribution in [-0.2, 0) is 6.42 Å². The van der Waals surface area contributed by atoms with Crippen molar-refractivity contribution in [2.24, 2.45) is 0 Å². The number of carbonyl (C=O) groups is 1. The van der Waals surface area contributed by atoms with Gasteiger partial charge in [0.2, 0.25) is 4.96 Å². The van der Waals surface area contributed by atoms with E-state index in [-0.39, 0.29) is 16.6 Å². The summed E-state index contributed by atoms with van der Waals surface area (Å²) in [6, 6.07) is -0.0941. The normalized spacial score (nSPS) is 19.6. The van der Waals surface area contributed by atoms with Crippen molar-refractivity contribution in [3.8, 4) is 6.01 Å². The van der Waals surface area contributed by atoms with Gasteiger partial charge in [-0.2, -0.15) is 0 Å². The lowest BCUT2D eigenvalue weighted by Crippen LogP contribution is -2.37. The molecule has 0 amide bonds. The third-order valence-corrected chi connectivity index (χ3v) is 5.12. The minimum atomic E-state index is -3.41. The fourth-order valence-corrected chi connectivity index (χ4v) is 4.02. The lowest BCUT2D eigenvalue weighted by Gasteiger charge is -2.14. The van der Waals surface area contributed by atoms with Crippen LogP contribution in [0.1, 0.15) is 21.8 Å². The van der Waals surface area contributed by atoms with Gasteiger partial charge in [0, 0.05) is 0 Å². The summed E-state index contributed by atoms with van der Waals surface area (Å²) in [6.45, 7) is 0. The Bertz CT molecular complexity index is 625. The van der Waals surface area contributed by atoms with Crippen LogP contribution in [0.25, 0.3) is 4.96 Å². The molecule has 96 valence electrons. The number of hydrogen-bond acceptors (Lipinski definition) is 7. The van der Waals surface area contributed by atoms with Gasteiger partial charge < -0.3 is 8.40 Å². The van der Waals surface area contributed by atoms with Gasteiger partial charge in [-0.3, -0.25) is 4.79 Å². The maximum atomic E-state index is 12.0. The van der Waals surface area contributed by atoms with Crippen LogP contribution in [0.2, 0.25) is 0 Å². The molecule has 0 saturated heterocycles. The molecular weight excluding hydrogens is 394 g/mol. The zero-order valence-electron chi connectivity index (χ0n) is 8.63. The highest BCUT2D eigenvalue weighted by Crippen LogP contribution is 2.34. The van der Waals surface area contributed by atoms with Crippen molar-refractivity contribution in [3.05, 3.63) is 10.6 Å². The van der Waals surface area contributed by atoms with Crippen molar-refractivity contribution in [2.45, 2.75) is 17.7 Å². The first-order valence-electron chi connectivity index (χ1n) is 4.87. The Morgan fingerprint density at radius 3 is 3.00 bits per heavy atom. The lowest BCUT2D eigenvalue weighted by molar-refractivity contribution is -1.62. The van der Waals surface area contributed by atoms with E-state index in [0.717, 1.165) is 5.69 Å². The van der Waals surface area contributed by atoms with Crippen molar-refractivity contribution in [3.63, 3.8) is 0 Å². The van der Waals surface area contributed by atoms with E-state index in [1.807, 2.05) is 0 Å². The average molecular weight is 399 g/mol. The number of nitrogens with zero attached hydrogens (tertiary/aromatic N) is 3. The maximum absolute atomic E-state index is 12.0. The minimum Gasteiger partial charge on any atom is -0.361 e. The molecular formula is C8H5Br2N3O4S. The Hall–Kier alpha value is -0.550. The average Bonchev–Trinajstić information content (AvgIpc) is 2.84.